The van der Waals surface area contributed by atoms with Gasteiger partial charge < -0.3 is 11.1 Å². The highest BCUT2D eigenvalue weighted by Gasteiger charge is 2.14. The standard InChI is InChI=1S/C14H16ClN3O2S/c1-2-17-21(19,20)12-6-7-13(16)14(9-12)18-11-5-3-4-10(15)8-11/h3-9,17-18H,2,16H2,1H3. The van der Waals surface area contributed by atoms with Crippen LogP contribution >= 0.6 is 11.6 Å². The lowest BCUT2D eigenvalue weighted by atomic mass is 10.2. The maximum Gasteiger partial charge on any atom is 0.240 e. The van der Waals surface area contributed by atoms with Crippen molar-refractivity contribution in [2.45, 2.75) is 11.8 Å². The van der Waals surface area contributed by atoms with E-state index in [1.165, 1.54) is 12.1 Å². The quantitative estimate of drug-likeness (QED) is 0.738. The van der Waals surface area contributed by atoms with Crippen molar-refractivity contribution in [1.29, 1.82) is 0 Å². The Morgan fingerprint density at radius 2 is 1.95 bits per heavy atom. The van der Waals surface area contributed by atoms with Crippen LogP contribution in [0.25, 0.3) is 0 Å². The summed E-state index contributed by atoms with van der Waals surface area (Å²) >= 11 is 5.92. The lowest BCUT2D eigenvalue weighted by Gasteiger charge is -2.12. The first-order chi connectivity index (χ1) is 9.92. The second-order valence-corrected chi connectivity index (χ2v) is 6.59. The number of nitrogen functional groups attached to an aromatic ring is 1. The molecule has 2 aromatic carbocycles. The largest absolute Gasteiger partial charge is 0.397 e. The summed E-state index contributed by atoms with van der Waals surface area (Å²) < 4.78 is 26.4. The van der Waals surface area contributed by atoms with Gasteiger partial charge in [0.2, 0.25) is 10.0 Å². The van der Waals surface area contributed by atoms with Crippen molar-refractivity contribution in [3.05, 3.63) is 47.5 Å². The summed E-state index contributed by atoms with van der Waals surface area (Å²) in [7, 11) is -3.52. The van der Waals surface area contributed by atoms with Gasteiger partial charge in [0.1, 0.15) is 0 Å². The Morgan fingerprint density at radius 3 is 2.62 bits per heavy atom. The van der Waals surface area contributed by atoms with E-state index in [-0.39, 0.29) is 4.90 Å². The van der Waals surface area contributed by atoms with E-state index in [9.17, 15) is 8.42 Å². The Morgan fingerprint density at radius 1 is 1.19 bits per heavy atom. The first-order valence-electron chi connectivity index (χ1n) is 6.34. The molecule has 0 saturated carbocycles. The molecule has 2 aromatic rings. The molecule has 5 nitrogen and oxygen atoms in total. The summed E-state index contributed by atoms with van der Waals surface area (Å²) in [5.74, 6) is 0. The molecule has 7 heteroatoms. The van der Waals surface area contributed by atoms with Crippen LogP contribution in [0.15, 0.2) is 47.4 Å². The van der Waals surface area contributed by atoms with Gasteiger partial charge >= 0.3 is 0 Å². The van der Waals surface area contributed by atoms with Gasteiger partial charge in [-0.25, -0.2) is 13.1 Å². The van der Waals surface area contributed by atoms with Crippen molar-refractivity contribution < 1.29 is 8.42 Å². The molecule has 0 fully saturated rings. The fourth-order valence-electron chi connectivity index (χ4n) is 1.81. The minimum Gasteiger partial charge on any atom is -0.397 e. The van der Waals surface area contributed by atoms with Crippen LogP contribution in [0.4, 0.5) is 17.1 Å². The second-order valence-electron chi connectivity index (χ2n) is 4.39. The summed E-state index contributed by atoms with van der Waals surface area (Å²) in [4.78, 5) is 0.156. The Kier molecular flexibility index (Phi) is 4.72. The van der Waals surface area contributed by atoms with E-state index in [1.54, 1.807) is 31.2 Å². The highest BCUT2D eigenvalue weighted by molar-refractivity contribution is 7.89. The number of nitrogens with one attached hydrogen (secondary N) is 2. The summed E-state index contributed by atoms with van der Waals surface area (Å²) in [6, 6.07) is 11.6. The monoisotopic (exact) mass is 325 g/mol. The molecular weight excluding hydrogens is 310 g/mol. The van der Waals surface area contributed by atoms with Gasteiger partial charge in [-0.1, -0.05) is 24.6 Å². The zero-order valence-electron chi connectivity index (χ0n) is 11.4. The van der Waals surface area contributed by atoms with Crippen LogP contribution in [0.5, 0.6) is 0 Å². The summed E-state index contributed by atoms with van der Waals surface area (Å²) in [5.41, 5.74) is 7.57. The van der Waals surface area contributed by atoms with Gasteiger partial charge in [0.05, 0.1) is 16.3 Å². The number of benzene rings is 2. The molecule has 0 spiro atoms. The molecule has 0 heterocycles. The van der Waals surface area contributed by atoms with Crippen LogP contribution in [0.2, 0.25) is 5.02 Å². The van der Waals surface area contributed by atoms with Crippen LogP contribution in [-0.4, -0.2) is 15.0 Å². The molecular formula is C14H16ClN3O2S. The smallest absolute Gasteiger partial charge is 0.240 e. The molecule has 0 aliphatic rings. The van der Waals surface area contributed by atoms with E-state index >= 15 is 0 Å². The van der Waals surface area contributed by atoms with Gasteiger partial charge in [-0.15, -0.1) is 0 Å². The minimum absolute atomic E-state index is 0.156. The SMILES string of the molecule is CCNS(=O)(=O)c1ccc(N)c(Nc2cccc(Cl)c2)c1. The van der Waals surface area contributed by atoms with Crippen LogP contribution in [0.1, 0.15) is 6.92 Å². The van der Waals surface area contributed by atoms with Gasteiger partial charge in [-0.05, 0) is 36.4 Å². The molecule has 2 rings (SSSR count). The van der Waals surface area contributed by atoms with Gasteiger partial charge in [0.25, 0.3) is 0 Å². The van der Waals surface area contributed by atoms with Crippen molar-refractivity contribution in [2.24, 2.45) is 0 Å². The normalized spacial score (nSPS) is 11.3. The maximum absolute atomic E-state index is 12.0. The number of nitrogens with two attached hydrogens (primary N) is 1. The molecule has 0 aliphatic heterocycles. The average molecular weight is 326 g/mol. The fraction of sp³-hybridized carbons (Fsp3) is 0.143. The summed E-state index contributed by atoms with van der Waals surface area (Å²) in [6.45, 7) is 2.05. The predicted octanol–water partition coefficient (Wildman–Crippen LogP) is 2.96. The Labute approximate surface area is 129 Å². The number of hydrogen-bond donors (Lipinski definition) is 3. The lowest BCUT2D eigenvalue weighted by molar-refractivity contribution is 0.584. The molecule has 0 unspecified atom stereocenters. The van der Waals surface area contributed by atoms with Crippen molar-refractivity contribution in [1.82, 2.24) is 4.72 Å². The summed E-state index contributed by atoms with van der Waals surface area (Å²) in [5, 5.41) is 3.64. The topological polar surface area (TPSA) is 84.2 Å². The first kappa shape index (κ1) is 15.6. The predicted molar refractivity (Wildman–Crippen MR) is 86.5 cm³/mol. The number of hydrogen-bond acceptors (Lipinski definition) is 4. The number of halogens is 1. The van der Waals surface area contributed by atoms with Gasteiger partial charge in [0, 0.05) is 17.3 Å². The van der Waals surface area contributed by atoms with Crippen molar-refractivity contribution in [3.8, 4) is 0 Å². The molecule has 112 valence electrons. The minimum atomic E-state index is -3.52. The van der Waals surface area contributed by atoms with E-state index in [4.69, 9.17) is 17.3 Å². The second kappa shape index (κ2) is 6.34. The van der Waals surface area contributed by atoms with Crippen LogP contribution in [-0.2, 0) is 10.0 Å². The third kappa shape index (κ3) is 3.87. The number of anilines is 3. The first-order valence-corrected chi connectivity index (χ1v) is 8.20. The Balaban J connectivity index is 2.36. The van der Waals surface area contributed by atoms with Gasteiger partial charge in [-0.3, -0.25) is 0 Å². The molecule has 0 aliphatic carbocycles. The molecule has 4 N–H and O–H groups in total. The van der Waals surface area contributed by atoms with E-state index < -0.39 is 10.0 Å². The highest BCUT2D eigenvalue weighted by atomic mass is 35.5. The summed E-state index contributed by atoms with van der Waals surface area (Å²) in [6.07, 6.45) is 0. The highest BCUT2D eigenvalue weighted by Crippen LogP contribution is 2.27. The fourth-order valence-corrected chi connectivity index (χ4v) is 3.06. The van der Waals surface area contributed by atoms with E-state index in [1.807, 2.05) is 6.07 Å². The van der Waals surface area contributed by atoms with Gasteiger partial charge in [-0.2, -0.15) is 0 Å². The van der Waals surface area contributed by atoms with Crippen LogP contribution in [0, 0.1) is 0 Å². The number of sulfonamides is 1. The molecule has 0 amide bonds. The molecule has 0 saturated heterocycles. The average Bonchev–Trinajstić information content (AvgIpc) is 2.41. The zero-order valence-corrected chi connectivity index (χ0v) is 13.0. The van der Waals surface area contributed by atoms with E-state index in [0.29, 0.717) is 22.9 Å². The van der Waals surface area contributed by atoms with E-state index in [0.717, 1.165) is 5.69 Å². The zero-order chi connectivity index (χ0) is 15.5. The molecule has 0 atom stereocenters. The van der Waals surface area contributed by atoms with E-state index in [2.05, 4.69) is 10.0 Å². The van der Waals surface area contributed by atoms with Crippen molar-refractivity contribution in [3.63, 3.8) is 0 Å². The lowest BCUT2D eigenvalue weighted by Crippen LogP contribution is -2.23. The van der Waals surface area contributed by atoms with Crippen LogP contribution in [0.3, 0.4) is 0 Å². The molecule has 0 radical (unpaired) electrons. The Hall–Kier alpha value is -1.76. The number of rotatable bonds is 5. The van der Waals surface area contributed by atoms with Gasteiger partial charge in [0.15, 0.2) is 0 Å². The third-order valence-electron chi connectivity index (χ3n) is 2.77. The maximum atomic E-state index is 12.0. The van der Waals surface area contributed by atoms with Crippen molar-refractivity contribution >= 4 is 38.7 Å². The molecule has 21 heavy (non-hydrogen) atoms. The third-order valence-corrected chi connectivity index (χ3v) is 4.55. The Bertz CT molecular complexity index is 748. The van der Waals surface area contributed by atoms with Crippen molar-refractivity contribution in [2.75, 3.05) is 17.6 Å². The molecule has 0 aromatic heterocycles. The molecule has 0 bridgehead atoms. The van der Waals surface area contributed by atoms with Crippen LogP contribution < -0.4 is 15.8 Å².